The van der Waals surface area contributed by atoms with Gasteiger partial charge >= 0.3 is 109 Å². The van der Waals surface area contributed by atoms with Crippen molar-refractivity contribution < 1.29 is 139 Å². The monoisotopic (exact) mass is 272 g/mol. The van der Waals surface area contributed by atoms with Crippen LogP contribution in [0, 0.1) is 0 Å². The van der Waals surface area contributed by atoms with Crippen LogP contribution < -0.4 is 113 Å². The van der Waals surface area contributed by atoms with Crippen LogP contribution in [-0.2, 0) is 0 Å². The van der Waals surface area contributed by atoms with Gasteiger partial charge in [0.1, 0.15) is 0 Å². The zero-order chi connectivity index (χ0) is 10.2. The molecule has 0 aromatic carbocycles. The van der Waals surface area contributed by atoms with Gasteiger partial charge in [0, 0.05) is 0 Å². The molecule has 0 saturated carbocycles. The van der Waals surface area contributed by atoms with Gasteiger partial charge in [-0.05, 0) is 7.12 Å². The topological polar surface area (TPSA) is 46.1 Å². The Morgan fingerprint density at radius 1 is 0.929 bits per heavy atom. The third kappa shape index (κ3) is 6.54. The molecular weight excluding hydrogens is 271 g/mol. The number of hydrogen-bond donors (Lipinski definition) is 0. The van der Waals surface area contributed by atoms with Crippen LogP contribution in [0.3, 0.4) is 0 Å². The smallest absolute Gasteiger partial charge is 0.889 e. The summed E-state index contributed by atoms with van der Waals surface area (Å²) in [5.74, 6) is -5.46. The summed E-state index contributed by atoms with van der Waals surface area (Å²) in [7, 11) is -4.17. The van der Waals surface area contributed by atoms with Crippen LogP contribution >= 0.6 is 0 Å². The minimum absolute atomic E-state index is 0. The van der Waals surface area contributed by atoms with Crippen molar-refractivity contribution in [1.82, 2.24) is 0 Å². The van der Waals surface area contributed by atoms with Gasteiger partial charge in [0.15, 0.2) is 0 Å². The van der Waals surface area contributed by atoms with Crippen LogP contribution in [0.1, 0.15) is 0 Å². The van der Waals surface area contributed by atoms with Crippen LogP contribution in [0.5, 0.6) is 0 Å². The van der Waals surface area contributed by atoms with Crippen molar-refractivity contribution in [2.45, 2.75) is 18.2 Å². The molecule has 0 heterocycles. The van der Waals surface area contributed by atoms with Gasteiger partial charge in [-0.1, -0.05) is 0 Å². The van der Waals surface area contributed by atoms with Crippen molar-refractivity contribution in [2.75, 3.05) is 0 Å². The fourth-order valence-corrected chi connectivity index (χ4v) is 0.338. The molecule has 0 amide bonds. The molecule has 0 aliphatic rings. The first-order valence-electron chi connectivity index (χ1n) is 2.50. The molecule has 0 aromatic heterocycles. The molecule has 0 aliphatic heterocycles. The Hall–Kier alpha value is 2.84. The second-order valence-electron chi connectivity index (χ2n) is 1.91. The Labute approximate surface area is 161 Å². The van der Waals surface area contributed by atoms with Gasteiger partial charge in [-0.25, -0.2) is 13.2 Å². The second-order valence-corrected chi connectivity index (χ2v) is 1.91. The first-order valence-corrected chi connectivity index (χ1v) is 2.50. The zero-order valence-electron chi connectivity index (χ0n) is 7.24. The first kappa shape index (κ1) is 22.1. The Morgan fingerprint density at radius 2 is 1.21 bits per heavy atom. The Kier molecular flexibility index (Phi) is 12.7. The van der Waals surface area contributed by atoms with E-state index in [1.54, 1.807) is 0 Å². The fourth-order valence-electron chi connectivity index (χ4n) is 0.338. The predicted octanol–water partition coefficient (Wildman–Crippen LogP) is -6.72. The third-order valence-corrected chi connectivity index (χ3v) is 0.940. The quantitative estimate of drug-likeness (QED) is 0.370. The van der Waals surface area contributed by atoms with Gasteiger partial charge < -0.3 is 10.0 Å². The summed E-state index contributed by atoms with van der Waals surface area (Å²) in [6.45, 7) is 0. The van der Waals surface area contributed by atoms with E-state index < -0.39 is 25.3 Å². The van der Waals surface area contributed by atoms with E-state index >= 15 is 0 Å². The van der Waals surface area contributed by atoms with Crippen molar-refractivity contribution >= 4 is 7.12 Å². The van der Waals surface area contributed by atoms with Gasteiger partial charge in [0.2, 0.25) is 12.0 Å². The molecule has 1 unspecified atom stereocenters. The van der Waals surface area contributed by atoms with E-state index in [1.165, 1.54) is 0 Å². The minimum Gasteiger partial charge on any atom is -0.889 e. The molecular formula is C3HBF6K2O2. The zero-order valence-corrected chi connectivity index (χ0v) is 13.5. The molecule has 14 heavy (non-hydrogen) atoms. The van der Waals surface area contributed by atoms with Crippen LogP contribution in [0.2, 0.25) is 0 Å². The molecule has 0 spiro atoms. The van der Waals surface area contributed by atoms with Crippen molar-refractivity contribution in [3.63, 3.8) is 0 Å². The van der Waals surface area contributed by atoms with Gasteiger partial charge in [-0.3, -0.25) is 0 Å². The molecule has 0 saturated heterocycles. The van der Waals surface area contributed by atoms with Crippen molar-refractivity contribution in [3.05, 3.63) is 0 Å². The third-order valence-electron chi connectivity index (χ3n) is 0.940. The van der Waals surface area contributed by atoms with E-state index in [4.69, 9.17) is 0 Å². The van der Waals surface area contributed by atoms with E-state index in [2.05, 4.69) is 0 Å². The Balaban J connectivity index is -0.000000605. The van der Waals surface area contributed by atoms with Crippen LogP contribution in [-0.4, -0.2) is 25.3 Å². The Bertz CT molecular complexity index is 164. The molecule has 0 aromatic rings. The average Bonchev–Trinajstić information content (AvgIpc) is 1.83. The maximum Gasteiger partial charge on any atom is 1.00 e. The van der Waals surface area contributed by atoms with Crippen molar-refractivity contribution in [3.8, 4) is 0 Å². The summed E-state index contributed by atoms with van der Waals surface area (Å²) in [5, 5.41) is 18.8. The molecule has 11 heteroatoms. The van der Waals surface area contributed by atoms with Crippen molar-refractivity contribution in [2.24, 2.45) is 0 Å². The van der Waals surface area contributed by atoms with E-state index in [-0.39, 0.29) is 103 Å². The molecule has 0 N–H and O–H groups in total. The molecule has 0 bridgehead atoms. The SMILES string of the molecule is [K+].[K+].[O-]B([O-])C(F)(F)C(F)C(F)(F)F. The Morgan fingerprint density at radius 3 is 1.29 bits per heavy atom. The van der Waals surface area contributed by atoms with E-state index in [9.17, 15) is 36.4 Å². The molecule has 1 atom stereocenters. The van der Waals surface area contributed by atoms with Crippen LogP contribution in [0.15, 0.2) is 0 Å². The molecule has 0 rings (SSSR count). The minimum atomic E-state index is -5.89. The van der Waals surface area contributed by atoms with Gasteiger partial charge in [-0.2, -0.15) is 13.2 Å². The van der Waals surface area contributed by atoms with Crippen LogP contribution in [0.4, 0.5) is 26.3 Å². The first-order chi connectivity index (χ1) is 5.10. The summed E-state index contributed by atoms with van der Waals surface area (Å²) in [6, 6.07) is 0. The maximum absolute atomic E-state index is 11.7. The number of hydrogen-bond acceptors (Lipinski definition) is 2. The molecule has 0 fully saturated rings. The molecule has 0 radical (unpaired) electrons. The largest absolute Gasteiger partial charge is 1.00 e. The fraction of sp³-hybridized carbons (Fsp3) is 1.00. The van der Waals surface area contributed by atoms with Gasteiger partial charge in [0.05, 0.1) is 0 Å². The van der Waals surface area contributed by atoms with E-state index in [0.29, 0.717) is 0 Å². The van der Waals surface area contributed by atoms with E-state index in [0.717, 1.165) is 0 Å². The van der Waals surface area contributed by atoms with Crippen molar-refractivity contribution in [1.29, 1.82) is 0 Å². The summed E-state index contributed by atoms with van der Waals surface area (Å²) < 4.78 is 68.6. The molecule has 72 valence electrons. The normalized spacial score (nSPS) is 13.7. The summed E-state index contributed by atoms with van der Waals surface area (Å²) >= 11 is 0. The predicted molar refractivity (Wildman–Crippen MR) is 21.7 cm³/mol. The maximum atomic E-state index is 11.7. The molecule has 0 aliphatic carbocycles. The second kappa shape index (κ2) is 8.03. The van der Waals surface area contributed by atoms with E-state index in [1.807, 2.05) is 0 Å². The number of rotatable bonds is 2. The number of alkyl halides is 6. The summed E-state index contributed by atoms with van der Waals surface area (Å²) in [5.41, 5.74) is 0. The molecule has 2 nitrogen and oxygen atoms in total. The average molecular weight is 272 g/mol. The summed E-state index contributed by atoms with van der Waals surface area (Å²) in [4.78, 5) is 0. The number of halogens is 6. The van der Waals surface area contributed by atoms with Gasteiger partial charge in [-0.15, -0.1) is 0 Å². The summed E-state index contributed by atoms with van der Waals surface area (Å²) in [6.07, 6.45) is -10.6. The van der Waals surface area contributed by atoms with Gasteiger partial charge in [0.25, 0.3) is 0 Å². The van der Waals surface area contributed by atoms with Crippen LogP contribution in [0.25, 0.3) is 0 Å². The standard InChI is InChI=1S/C3HBF6O2.2K/c5-1(3(8,9)10)2(6,7)4(11)12;;/h1H;;/q-2;2*+1.